The highest BCUT2D eigenvalue weighted by atomic mass is 19.1. The minimum Gasteiger partial charge on any atom is -0.330 e. The number of anilines is 1. The molecule has 1 amide bonds. The van der Waals surface area contributed by atoms with Crippen molar-refractivity contribution in [1.29, 1.82) is 0 Å². The van der Waals surface area contributed by atoms with E-state index in [2.05, 4.69) is 5.32 Å². The van der Waals surface area contributed by atoms with Crippen LogP contribution in [0.15, 0.2) is 18.2 Å². The number of hydrogen-bond donors (Lipinski definition) is 2. The Bertz CT molecular complexity index is 422. The predicted octanol–water partition coefficient (Wildman–Crippen LogP) is 1.02. The number of carbonyl (C=O) groups is 1. The molecule has 0 saturated heterocycles. The van der Waals surface area contributed by atoms with Gasteiger partial charge < -0.3 is 11.1 Å². The molecule has 0 spiro atoms. The monoisotopic (exact) mass is 227 g/mol. The molecule has 1 aromatic rings. The van der Waals surface area contributed by atoms with Gasteiger partial charge in [0.15, 0.2) is 0 Å². The van der Waals surface area contributed by atoms with Crippen molar-refractivity contribution in [2.45, 2.75) is 6.42 Å². The van der Waals surface area contributed by atoms with Gasteiger partial charge in [-0.2, -0.15) is 4.39 Å². The SMILES string of the molecule is NCCC(=O)Nc1ccc(F)c([N+](=O)[O-])c1. The van der Waals surface area contributed by atoms with Crippen LogP contribution in [-0.2, 0) is 4.79 Å². The Hall–Kier alpha value is -2.02. The molecule has 6 nitrogen and oxygen atoms in total. The second-order valence-electron chi connectivity index (χ2n) is 3.01. The standard InChI is InChI=1S/C9H10FN3O3/c10-7-2-1-6(5-8(7)13(15)16)12-9(14)3-4-11/h1-2,5H,3-4,11H2,(H,12,14). The summed E-state index contributed by atoms with van der Waals surface area (Å²) in [7, 11) is 0. The first-order valence-corrected chi connectivity index (χ1v) is 4.48. The summed E-state index contributed by atoms with van der Waals surface area (Å²) < 4.78 is 12.9. The Kier molecular flexibility index (Phi) is 3.90. The molecule has 0 saturated carbocycles. The third-order valence-electron chi connectivity index (χ3n) is 1.80. The first-order chi connectivity index (χ1) is 7.54. The first kappa shape index (κ1) is 12.1. The van der Waals surface area contributed by atoms with Gasteiger partial charge in [0.2, 0.25) is 11.7 Å². The molecular weight excluding hydrogens is 217 g/mol. The van der Waals surface area contributed by atoms with E-state index in [9.17, 15) is 19.3 Å². The highest BCUT2D eigenvalue weighted by Gasteiger charge is 2.14. The molecule has 1 rings (SSSR count). The molecule has 0 aromatic heterocycles. The van der Waals surface area contributed by atoms with Crippen LogP contribution in [0.25, 0.3) is 0 Å². The van der Waals surface area contributed by atoms with E-state index in [1.54, 1.807) is 0 Å². The maximum Gasteiger partial charge on any atom is 0.306 e. The molecule has 0 fully saturated rings. The number of hydrogen-bond acceptors (Lipinski definition) is 4. The quantitative estimate of drug-likeness (QED) is 0.592. The van der Waals surface area contributed by atoms with Crippen molar-refractivity contribution in [3.63, 3.8) is 0 Å². The summed E-state index contributed by atoms with van der Waals surface area (Å²) >= 11 is 0. The zero-order valence-corrected chi connectivity index (χ0v) is 8.27. The fourth-order valence-corrected chi connectivity index (χ4v) is 1.08. The number of nitrogens with two attached hydrogens (primary N) is 1. The molecule has 7 heteroatoms. The Balaban J connectivity index is 2.87. The van der Waals surface area contributed by atoms with E-state index in [1.165, 1.54) is 6.07 Å². The second-order valence-corrected chi connectivity index (χ2v) is 3.01. The van der Waals surface area contributed by atoms with E-state index >= 15 is 0 Å². The predicted molar refractivity (Wildman–Crippen MR) is 55.4 cm³/mol. The van der Waals surface area contributed by atoms with Crippen LogP contribution in [0.3, 0.4) is 0 Å². The zero-order chi connectivity index (χ0) is 12.1. The van der Waals surface area contributed by atoms with Crippen LogP contribution in [0.5, 0.6) is 0 Å². The van der Waals surface area contributed by atoms with Crippen LogP contribution in [0.1, 0.15) is 6.42 Å². The van der Waals surface area contributed by atoms with Gasteiger partial charge in [-0.25, -0.2) is 0 Å². The van der Waals surface area contributed by atoms with Crippen molar-refractivity contribution in [2.24, 2.45) is 5.73 Å². The molecule has 0 aliphatic rings. The fraction of sp³-hybridized carbons (Fsp3) is 0.222. The van der Waals surface area contributed by atoms with Gasteiger partial charge in [-0.3, -0.25) is 14.9 Å². The second kappa shape index (κ2) is 5.17. The van der Waals surface area contributed by atoms with Gasteiger partial charge in [-0.1, -0.05) is 0 Å². The van der Waals surface area contributed by atoms with E-state index in [0.717, 1.165) is 12.1 Å². The molecule has 0 unspecified atom stereocenters. The van der Waals surface area contributed by atoms with Gasteiger partial charge in [0.25, 0.3) is 0 Å². The Morgan fingerprint density at radius 3 is 2.81 bits per heavy atom. The van der Waals surface area contributed by atoms with Crippen molar-refractivity contribution < 1.29 is 14.1 Å². The normalized spacial score (nSPS) is 9.88. The van der Waals surface area contributed by atoms with Gasteiger partial charge in [0.05, 0.1) is 4.92 Å². The third-order valence-corrected chi connectivity index (χ3v) is 1.80. The van der Waals surface area contributed by atoms with Crippen molar-refractivity contribution in [3.05, 3.63) is 34.1 Å². The number of nitro groups is 1. The molecule has 1 aromatic carbocycles. The molecule has 0 bridgehead atoms. The number of nitrogens with one attached hydrogen (secondary N) is 1. The van der Waals surface area contributed by atoms with Gasteiger partial charge in [0, 0.05) is 24.7 Å². The lowest BCUT2D eigenvalue weighted by atomic mass is 10.2. The maximum atomic E-state index is 12.9. The largest absolute Gasteiger partial charge is 0.330 e. The zero-order valence-electron chi connectivity index (χ0n) is 8.27. The van der Waals surface area contributed by atoms with Gasteiger partial charge in [-0.15, -0.1) is 0 Å². The highest BCUT2D eigenvalue weighted by Crippen LogP contribution is 2.21. The average Bonchev–Trinajstić information content (AvgIpc) is 2.21. The lowest BCUT2D eigenvalue weighted by Gasteiger charge is -2.03. The summed E-state index contributed by atoms with van der Waals surface area (Å²) in [6.45, 7) is 0.176. The minimum absolute atomic E-state index is 0.102. The van der Waals surface area contributed by atoms with E-state index in [-0.39, 0.29) is 24.6 Å². The Morgan fingerprint density at radius 2 is 2.25 bits per heavy atom. The summed E-state index contributed by atoms with van der Waals surface area (Å²) in [5.74, 6) is -1.31. The van der Waals surface area contributed by atoms with Crippen LogP contribution in [0.4, 0.5) is 15.8 Å². The van der Waals surface area contributed by atoms with Gasteiger partial charge in [0.1, 0.15) is 0 Å². The topological polar surface area (TPSA) is 98.3 Å². The minimum atomic E-state index is -0.943. The number of halogens is 1. The Morgan fingerprint density at radius 1 is 1.56 bits per heavy atom. The summed E-state index contributed by atoms with van der Waals surface area (Å²) in [6, 6.07) is 3.14. The van der Waals surface area contributed by atoms with Crippen molar-refractivity contribution in [1.82, 2.24) is 0 Å². The van der Waals surface area contributed by atoms with Gasteiger partial charge >= 0.3 is 5.69 Å². The first-order valence-electron chi connectivity index (χ1n) is 4.48. The molecule has 0 aliphatic heterocycles. The molecule has 0 atom stereocenters. The molecule has 86 valence electrons. The van der Waals surface area contributed by atoms with E-state index in [4.69, 9.17) is 5.73 Å². The lowest BCUT2D eigenvalue weighted by Crippen LogP contribution is -2.16. The molecule has 16 heavy (non-hydrogen) atoms. The van der Waals surface area contributed by atoms with Crippen LogP contribution in [-0.4, -0.2) is 17.4 Å². The fourth-order valence-electron chi connectivity index (χ4n) is 1.08. The number of amides is 1. The van der Waals surface area contributed by atoms with Crippen LogP contribution >= 0.6 is 0 Å². The number of rotatable bonds is 4. The van der Waals surface area contributed by atoms with Gasteiger partial charge in [-0.05, 0) is 12.1 Å². The smallest absolute Gasteiger partial charge is 0.306 e. The highest BCUT2D eigenvalue weighted by molar-refractivity contribution is 5.91. The van der Waals surface area contributed by atoms with Crippen molar-refractivity contribution >= 4 is 17.3 Å². The van der Waals surface area contributed by atoms with Crippen LogP contribution in [0.2, 0.25) is 0 Å². The van der Waals surface area contributed by atoms with E-state index in [0.29, 0.717) is 0 Å². The average molecular weight is 227 g/mol. The number of nitrogens with zero attached hydrogens (tertiary/aromatic N) is 1. The third kappa shape index (κ3) is 2.99. The van der Waals surface area contributed by atoms with Crippen LogP contribution < -0.4 is 11.1 Å². The summed E-state index contributed by atoms with van der Waals surface area (Å²) in [5, 5.41) is 12.8. The van der Waals surface area contributed by atoms with Crippen LogP contribution in [0, 0.1) is 15.9 Å². The number of nitro benzene ring substituents is 1. The maximum absolute atomic E-state index is 12.9. The molecular formula is C9H10FN3O3. The molecule has 3 N–H and O–H groups in total. The van der Waals surface area contributed by atoms with E-state index in [1.807, 2.05) is 0 Å². The summed E-state index contributed by atoms with van der Waals surface area (Å²) in [4.78, 5) is 20.7. The summed E-state index contributed by atoms with van der Waals surface area (Å²) in [6.07, 6.45) is 0.102. The van der Waals surface area contributed by atoms with Crippen molar-refractivity contribution in [3.8, 4) is 0 Å². The lowest BCUT2D eigenvalue weighted by molar-refractivity contribution is -0.387. The van der Waals surface area contributed by atoms with Crippen molar-refractivity contribution in [2.75, 3.05) is 11.9 Å². The molecule has 0 heterocycles. The number of benzene rings is 1. The number of carbonyl (C=O) groups excluding carboxylic acids is 1. The van der Waals surface area contributed by atoms with E-state index < -0.39 is 16.4 Å². The molecule has 0 aliphatic carbocycles. The molecule has 0 radical (unpaired) electrons. The summed E-state index contributed by atoms with van der Waals surface area (Å²) in [5.41, 5.74) is 4.65. The Labute approximate surface area is 90.4 Å².